The van der Waals surface area contributed by atoms with Crippen molar-refractivity contribution < 1.29 is 14.3 Å². The van der Waals surface area contributed by atoms with Crippen LogP contribution in [-0.2, 0) is 0 Å². The zero-order chi connectivity index (χ0) is 18.1. The van der Waals surface area contributed by atoms with Crippen molar-refractivity contribution >= 4 is 5.91 Å². The summed E-state index contributed by atoms with van der Waals surface area (Å²) in [5.74, 6) is 3.58. The van der Waals surface area contributed by atoms with Crippen LogP contribution in [0.25, 0.3) is 0 Å². The van der Waals surface area contributed by atoms with E-state index in [1.807, 2.05) is 23.1 Å². The summed E-state index contributed by atoms with van der Waals surface area (Å²) < 4.78 is 10.7. The van der Waals surface area contributed by atoms with Crippen LogP contribution in [0.4, 0.5) is 0 Å². The largest absolute Gasteiger partial charge is 0.493 e. The van der Waals surface area contributed by atoms with E-state index in [-0.39, 0.29) is 5.91 Å². The quantitative estimate of drug-likeness (QED) is 0.761. The van der Waals surface area contributed by atoms with E-state index in [0.29, 0.717) is 17.1 Å². The van der Waals surface area contributed by atoms with Crippen molar-refractivity contribution in [1.29, 1.82) is 0 Å². The number of para-hydroxylation sites is 1. The second-order valence-corrected chi connectivity index (χ2v) is 7.67. The summed E-state index contributed by atoms with van der Waals surface area (Å²) in [6, 6.07) is 5.47. The molecule has 1 aromatic carbocycles. The number of amides is 1. The van der Waals surface area contributed by atoms with Gasteiger partial charge in [-0.15, -0.1) is 0 Å². The van der Waals surface area contributed by atoms with E-state index in [2.05, 4.69) is 17.1 Å². The Labute approximate surface area is 155 Å². The number of carbonyl (C=O) groups excluding carboxylic acids is 1. The van der Waals surface area contributed by atoms with Crippen molar-refractivity contribution in [2.24, 2.45) is 17.8 Å². The molecule has 0 spiro atoms. The summed E-state index contributed by atoms with van der Waals surface area (Å²) in [6.45, 7) is 4.63. The predicted octanol–water partition coefficient (Wildman–Crippen LogP) is 2.67. The van der Waals surface area contributed by atoms with Crippen molar-refractivity contribution in [3.05, 3.63) is 35.9 Å². The molecule has 2 fully saturated rings. The van der Waals surface area contributed by atoms with Crippen LogP contribution < -0.4 is 9.47 Å². The van der Waals surface area contributed by atoms with E-state index >= 15 is 0 Å². The molecule has 1 saturated carbocycles. The topological polar surface area (TPSA) is 42.0 Å². The zero-order valence-corrected chi connectivity index (χ0v) is 15.7. The molecule has 4 rings (SSSR count). The first-order valence-electron chi connectivity index (χ1n) is 9.60. The SMILES string of the molecule is COc1cccc(C(=O)N2CCN(C[C@H]3C[C@@H]4C=C[C@@H]3C4)CC2)c1OC. The average molecular weight is 356 g/mol. The van der Waals surface area contributed by atoms with Gasteiger partial charge in [-0.25, -0.2) is 0 Å². The molecular weight excluding hydrogens is 328 g/mol. The number of piperazine rings is 1. The van der Waals surface area contributed by atoms with E-state index in [1.165, 1.54) is 19.4 Å². The van der Waals surface area contributed by atoms with Crippen LogP contribution in [-0.4, -0.2) is 62.7 Å². The summed E-state index contributed by atoms with van der Waals surface area (Å²) in [7, 11) is 3.17. The number of benzene rings is 1. The average Bonchev–Trinajstić information content (AvgIpc) is 3.30. The molecule has 1 heterocycles. The second kappa shape index (κ2) is 7.31. The van der Waals surface area contributed by atoms with Crippen molar-refractivity contribution in [1.82, 2.24) is 9.80 Å². The Hall–Kier alpha value is -2.01. The number of methoxy groups -OCH3 is 2. The minimum Gasteiger partial charge on any atom is -0.493 e. The van der Waals surface area contributed by atoms with Crippen molar-refractivity contribution in [3.63, 3.8) is 0 Å². The number of ether oxygens (including phenoxy) is 2. The monoisotopic (exact) mass is 356 g/mol. The van der Waals surface area contributed by atoms with E-state index < -0.39 is 0 Å². The molecule has 1 amide bonds. The predicted molar refractivity (Wildman–Crippen MR) is 101 cm³/mol. The number of hydrogen-bond donors (Lipinski definition) is 0. The van der Waals surface area contributed by atoms with Gasteiger partial charge in [-0.1, -0.05) is 18.2 Å². The van der Waals surface area contributed by atoms with E-state index in [1.54, 1.807) is 14.2 Å². The molecule has 0 aromatic heterocycles. The van der Waals surface area contributed by atoms with Gasteiger partial charge in [-0.2, -0.15) is 0 Å². The van der Waals surface area contributed by atoms with Crippen LogP contribution in [0.15, 0.2) is 30.4 Å². The lowest BCUT2D eigenvalue weighted by molar-refractivity contribution is 0.0606. The van der Waals surface area contributed by atoms with Gasteiger partial charge in [0, 0.05) is 32.7 Å². The molecule has 0 N–H and O–H groups in total. The molecule has 0 radical (unpaired) electrons. The van der Waals surface area contributed by atoms with E-state index in [9.17, 15) is 4.79 Å². The maximum atomic E-state index is 13.0. The fourth-order valence-corrected chi connectivity index (χ4v) is 4.80. The Morgan fingerprint density at radius 2 is 1.88 bits per heavy atom. The molecule has 26 heavy (non-hydrogen) atoms. The zero-order valence-electron chi connectivity index (χ0n) is 15.7. The molecular formula is C21H28N2O3. The highest BCUT2D eigenvalue weighted by molar-refractivity contribution is 5.97. The Kier molecular flexibility index (Phi) is 4.90. The Morgan fingerprint density at radius 1 is 1.08 bits per heavy atom. The highest BCUT2D eigenvalue weighted by atomic mass is 16.5. The number of allylic oxidation sites excluding steroid dienone is 2. The van der Waals surface area contributed by atoms with Gasteiger partial charge < -0.3 is 14.4 Å². The van der Waals surface area contributed by atoms with Crippen LogP contribution in [0.1, 0.15) is 23.2 Å². The van der Waals surface area contributed by atoms with Crippen LogP contribution in [0.3, 0.4) is 0 Å². The lowest BCUT2D eigenvalue weighted by Crippen LogP contribution is -2.50. The molecule has 3 aliphatic rings. The molecule has 2 aliphatic carbocycles. The summed E-state index contributed by atoms with van der Waals surface area (Å²) in [4.78, 5) is 17.4. The standard InChI is InChI=1S/C21H28N2O3/c1-25-19-5-3-4-18(20(19)26-2)21(24)23-10-8-22(9-11-23)14-17-13-15-6-7-16(17)12-15/h3-7,15-17H,8-14H2,1-2H3/t15-,16-,17-/m1/s1. The van der Waals surface area contributed by atoms with E-state index in [4.69, 9.17) is 9.47 Å². The van der Waals surface area contributed by atoms with Gasteiger partial charge >= 0.3 is 0 Å². The minimum atomic E-state index is 0.0308. The van der Waals surface area contributed by atoms with Gasteiger partial charge in [0.2, 0.25) is 0 Å². The Morgan fingerprint density at radius 3 is 2.50 bits per heavy atom. The maximum Gasteiger partial charge on any atom is 0.257 e. The molecule has 1 saturated heterocycles. The minimum absolute atomic E-state index is 0.0308. The fraction of sp³-hybridized carbons (Fsp3) is 0.571. The van der Waals surface area contributed by atoms with Gasteiger partial charge in [0.1, 0.15) is 0 Å². The number of hydrogen-bond acceptors (Lipinski definition) is 4. The van der Waals surface area contributed by atoms with Gasteiger partial charge in [-0.3, -0.25) is 9.69 Å². The highest BCUT2D eigenvalue weighted by Crippen LogP contribution is 2.43. The number of rotatable bonds is 5. The Bertz CT molecular complexity index is 694. The van der Waals surface area contributed by atoms with Gasteiger partial charge in [0.05, 0.1) is 19.8 Å². The van der Waals surface area contributed by atoms with Crippen LogP contribution in [0.2, 0.25) is 0 Å². The van der Waals surface area contributed by atoms with Gasteiger partial charge in [-0.05, 0) is 42.7 Å². The molecule has 5 heteroatoms. The first-order chi connectivity index (χ1) is 12.7. The maximum absolute atomic E-state index is 13.0. The molecule has 2 bridgehead atoms. The van der Waals surface area contributed by atoms with Crippen LogP contribution >= 0.6 is 0 Å². The van der Waals surface area contributed by atoms with Gasteiger partial charge in [0.15, 0.2) is 11.5 Å². The number of carbonyl (C=O) groups is 1. The first-order valence-corrected chi connectivity index (χ1v) is 9.60. The Balaban J connectivity index is 1.36. The molecule has 0 unspecified atom stereocenters. The third kappa shape index (κ3) is 3.20. The normalized spacial score (nSPS) is 27.8. The summed E-state index contributed by atoms with van der Waals surface area (Å²) >= 11 is 0. The highest BCUT2D eigenvalue weighted by Gasteiger charge is 2.37. The summed E-state index contributed by atoms with van der Waals surface area (Å²) in [6.07, 6.45) is 7.53. The van der Waals surface area contributed by atoms with E-state index in [0.717, 1.165) is 43.9 Å². The number of nitrogens with zero attached hydrogens (tertiary/aromatic N) is 2. The molecule has 3 atom stereocenters. The molecule has 5 nitrogen and oxygen atoms in total. The first kappa shape index (κ1) is 17.4. The van der Waals surface area contributed by atoms with Gasteiger partial charge in [0.25, 0.3) is 5.91 Å². The lowest BCUT2D eigenvalue weighted by Gasteiger charge is -2.37. The molecule has 1 aromatic rings. The molecule has 140 valence electrons. The lowest BCUT2D eigenvalue weighted by atomic mass is 9.93. The van der Waals surface area contributed by atoms with Crippen LogP contribution in [0.5, 0.6) is 11.5 Å². The molecule has 1 aliphatic heterocycles. The van der Waals surface area contributed by atoms with Crippen molar-refractivity contribution in [2.75, 3.05) is 46.9 Å². The van der Waals surface area contributed by atoms with Crippen LogP contribution in [0, 0.1) is 17.8 Å². The fourth-order valence-electron chi connectivity index (χ4n) is 4.80. The summed E-state index contributed by atoms with van der Waals surface area (Å²) in [5, 5.41) is 0. The van der Waals surface area contributed by atoms with Crippen molar-refractivity contribution in [2.45, 2.75) is 12.8 Å². The smallest absolute Gasteiger partial charge is 0.257 e. The van der Waals surface area contributed by atoms with Crippen molar-refractivity contribution in [3.8, 4) is 11.5 Å². The third-order valence-electron chi connectivity index (χ3n) is 6.20. The number of fused-ring (bicyclic) bond motifs is 2. The summed E-state index contributed by atoms with van der Waals surface area (Å²) in [5.41, 5.74) is 0.582. The second-order valence-electron chi connectivity index (χ2n) is 7.67. The third-order valence-corrected chi connectivity index (χ3v) is 6.20.